The number of nitrogens with one attached hydrogen (secondary N) is 4. The zero-order valence-electron chi connectivity index (χ0n) is 18.6. The van der Waals surface area contributed by atoms with E-state index in [1.807, 2.05) is 0 Å². The fraction of sp³-hybridized carbons (Fsp3) is 1.00. The zero-order chi connectivity index (χ0) is 19.5. The molecule has 0 unspecified atom stereocenters. The summed E-state index contributed by atoms with van der Waals surface area (Å²) >= 11 is 0. The fourth-order valence-corrected chi connectivity index (χ4v) is 3.55. The van der Waals surface area contributed by atoms with Crippen LogP contribution in [0.2, 0.25) is 0 Å². The van der Waals surface area contributed by atoms with Crippen molar-refractivity contribution >= 4 is 0 Å². The van der Waals surface area contributed by atoms with Crippen molar-refractivity contribution in [3.8, 4) is 0 Å². The summed E-state index contributed by atoms with van der Waals surface area (Å²) in [6, 6.07) is 0. The lowest BCUT2D eigenvalue weighted by Gasteiger charge is -2.17. The molecule has 0 amide bonds. The summed E-state index contributed by atoms with van der Waals surface area (Å²) in [6.45, 7) is 14.1. The van der Waals surface area contributed by atoms with Crippen LogP contribution in [-0.4, -0.2) is 52.4 Å². The Labute approximate surface area is 170 Å². The quantitative estimate of drug-likeness (QED) is 0.213. The molecule has 0 atom stereocenters. The highest BCUT2D eigenvalue weighted by molar-refractivity contribution is 4.96. The van der Waals surface area contributed by atoms with Crippen LogP contribution in [0.25, 0.3) is 0 Å². The van der Waals surface area contributed by atoms with Gasteiger partial charge in [0.25, 0.3) is 0 Å². The van der Waals surface area contributed by atoms with Crippen LogP contribution in [0.3, 0.4) is 0 Å². The van der Waals surface area contributed by atoms with E-state index in [4.69, 9.17) is 0 Å². The average Bonchev–Trinajstić information content (AvgIpc) is 3.45. The molecule has 162 valence electrons. The van der Waals surface area contributed by atoms with Gasteiger partial charge in [0.2, 0.25) is 0 Å². The topological polar surface area (TPSA) is 48.1 Å². The van der Waals surface area contributed by atoms with Crippen molar-refractivity contribution in [1.29, 1.82) is 0 Å². The van der Waals surface area contributed by atoms with Crippen molar-refractivity contribution in [3.63, 3.8) is 0 Å². The summed E-state index contributed by atoms with van der Waals surface area (Å²) in [5.74, 6) is 0. The highest BCUT2D eigenvalue weighted by Crippen LogP contribution is 2.44. The van der Waals surface area contributed by atoms with Gasteiger partial charge in [0, 0.05) is 13.1 Å². The predicted molar refractivity (Wildman–Crippen MR) is 121 cm³/mol. The standard InChI is InChI=1S/C23H50N4/c1-3-5-7-15-24-17-9-11-19-26-21-23(13-14-23)22-27-20-12-10-18-25-16-8-6-4-2/h24-27H,3-22H2,1-2H3. The predicted octanol–water partition coefficient (Wildman–Crippen LogP) is 4.07. The lowest BCUT2D eigenvalue weighted by molar-refractivity contribution is 0.416. The van der Waals surface area contributed by atoms with Crippen LogP contribution >= 0.6 is 0 Å². The molecule has 1 saturated carbocycles. The van der Waals surface area contributed by atoms with Crippen LogP contribution in [0.4, 0.5) is 0 Å². The molecule has 1 fully saturated rings. The molecule has 0 saturated heterocycles. The highest BCUT2D eigenvalue weighted by atomic mass is 14.9. The van der Waals surface area contributed by atoms with Crippen molar-refractivity contribution in [3.05, 3.63) is 0 Å². The molecule has 0 aliphatic heterocycles. The highest BCUT2D eigenvalue weighted by Gasteiger charge is 2.41. The summed E-state index contributed by atoms with van der Waals surface area (Å²) in [5.41, 5.74) is 0.580. The molecule has 4 N–H and O–H groups in total. The van der Waals surface area contributed by atoms with E-state index in [1.54, 1.807) is 0 Å². The van der Waals surface area contributed by atoms with Gasteiger partial charge >= 0.3 is 0 Å². The van der Waals surface area contributed by atoms with Crippen molar-refractivity contribution in [1.82, 2.24) is 21.3 Å². The third kappa shape index (κ3) is 15.4. The normalized spacial score (nSPS) is 15.3. The van der Waals surface area contributed by atoms with Gasteiger partial charge < -0.3 is 21.3 Å². The minimum absolute atomic E-state index is 0.580. The lowest BCUT2D eigenvalue weighted by atomic mass is 10.1. The molecule has 1 rings (SSSR count). The molecule has 0 bridgehead atoms. The lowest BCUT2D eigenvalue weighted by Crippen LogP contribution is -2.34. The molecule has 0 aromatic rings. The van der Waals surface area contributed by atoms with Crippen LogP contribution in [0.5, 0.6) is 0 Å². The Morgan fingerprint density at radius 3 is 1.15 bits per heavy atom. The molecule has 4 nitrogen and oxygen atoms in total. The first-order valence-electron chi connectivity index (χ1n) is 12.2. The van der Waals surface area contributed by atoms with Crippen LogP contribution < -0.4 is 21.3 Å². The van der Waals surface area contributed by atoms with Gasteiger partial charge in [0.05, 0.1) is 0 Å². The van der Waals surface area contributed by atoms with Crippen molar-refractivity contribution < 1.29 is 0 Å². The van der Waals surface area contributed by atoms with Gasteiger partial charge in [-0.25, -0.2) is 0 Å². The Hall–Kier alpha value is -0.160. The van der Waals surface area contributed by atoms with Gasteiger partial charge in [-0.1, -0.05) is 39.5 Å². The van der Waals surface area contributed by atoms with Crippen molar-refractivity contribution in [2.24, 2.45) is 5.41 Å². The molecule has 0 spiro atoms. The van der Waals surface area contributed by atoms with Crippen LogP contribution in [0.15, 0.2) is 0 Å². The van der Waals surface area contributed by atoms with E-state index in [0.29, 0.717) is 5.41 Å². The van der Waals surface area contributed by atoms with E-state index in [-0.39, 0.29) is 0 Å². The maximum Gasteiger partial charge on any atom is 0.00200 e. The van der Waals surface area contributed by atoms with Gasteiger partial charge in [-0.15, -0.1) is 0 Å². The molecule has 1 aliphatic rings. The van der Waals surface area contributed by atoms with Crippen LogP contribution in [-0.2, 0) is 0 Å². The van der Waals surface area contributed by atoms with E-state index in [1.165, 1.54) is 129 Å². The largest absolute Gasteiger partial charge is 0.317 e. The van der Waals surface area contributed by atoms with Gasteiger partial charge in [-0.05, 0) is 96.1 Å². The van der Waals surface area contributed by atoms with Gasteiger partial charge in [-0.3, -0.25) is 0 Å². The maximum absolute atomic E-state index is 3.71. The first-order valence-corrected chi connectivity index (χ1v) is 12.2. The minimum Gasteiger partial charge on any atom is -0.317 e. The summed E-state index contributed by atoms with van der Waals surface area (Å²) < 4.78 is 0. The Bertz CT molecular complexity index is 279. The molecule has 0 radical (unpaired) electrons. The van der Waals surface area contributed by atoms with Crippen LogP contribution in [0, 0.1) is 5.41 Å². The molecule has 4 heteroatoms. The van der Waals surface area contributed by atoms with Crippen molar-refractivity contribution in [2.45, 2.75) is 90.9 Å². The third-order valence-electron chi connectivity index (χ3n) is 5.79. The molecular weight excluding hydrogens is 332 g/mol. The Balaban J connectivity index is 1.79. The first kappa shape index (κ1) is 24.9. The van der Waals surface area contributed by atoms with E-state index in [2.05, 4.69) is 35.1 Å². The fourth-order valence-electron chi connectivity index (χ4n) is 3.55. The van der Waals surface area contributed by atoms with Crippen LogP contribution in [0.1, 0.15) is 90.9 Å². The first-order chi connectivity index (χ1) is 13.3. The Kier molecular flexibility index (Phi) is 16.5. The van der Waals surface area contributed by atoms with Gasteiger partial charge in [0.15, 0.2) is 0 Å². The number of hydrogen-bond donors (Lipinski definition) is 4. The van der Waals surface area contributed by atoms with Crippen molar-refractivity contribution in [2.75, 3.05) is 52.4 Å². The number of unbranched alkanes of at least 4 members (excludes halogenated alkanes) is 6. The average molecular weight is 383 g/mol. The second-order valence-electron chi connectivity index (χ2n) is 8.68. The SMILES string of the molecule is CCCCCNCCCCNCC1(CNCCCCNCCCCC)CC1. The molecule has 0 aromatic heterocycles. The molecular formula is C23H50N4. The second kappa shape index (κ2) is 17.9. The molecule has 1 aliphatic carbocycles. The second-order valence-corrected chi connectivity index (χ2v) is 8.68. The molecule has 27 heavy (non-hydrogen) atoms. The monoisotopic (exact) mass is 382 g/mol. The summed E-state index contributed by atoms with van der Waals surface area (Å²) in [7, 11) is 0. The number of hydrogen-bond acceptors (Lipinski definition) is 4. The van der Waals surface area contributed by atoms with E-state index >= 15 is 0 Å². The third-order valence-corrected chi connectivity index (χ3v) is 5.79. The zero-order valence-corrected chi connectivity index (χ0v) is 18.6. The smallest absolute Gasteiger partial charge is 0.00200 e. The summed E-state index contributed by atoms with van der Waals surface area (Å²) in [5, 5.41) is 14.5. The summed E-state index contributed by atoms with van der Waals surface area (Å²) in [4.78, 5) is 0. The molecule has 0 aromatic carbocycles. The Morgan fingerprint density at radius 2 is 0.815 bits per heavy atom. The van der Waals surface area contributed by atoms with E-state index < -0.39 is 0 Å². The summed E-state index contributed by atoms with van der Waals surface area (Å²) in [6.07, 6.45) is 16.0. The van der Waals surface area contributed by atoms with E-state index in [9.17, 15) is 0 Å². The Morgan fingerprint density at radius 1 is 0.481 bits per heavy atom. The van der Waals surface area contributed by atoms with E-state index in [0.717, 1.165) is 0 Å². The van der Waals surface area contributed by atoms with Gasteiger partial charge in [0.1, 0.15) is 0 Å². The maximum atomic E-state index is 3.71. The molecule has 0 heterocycles. The van der Waals surface area contributed by atoms with Gasteiger partial charge in [-0.2, -0.15) is 0 Å². The number of rotatable bonds is 22. The minimum atomic E-state index is 0.580.